The third-order valence-electron chi connectivity index (χ3n) is 0.668. The van der Waals surface area contributed by atoms with Crippen LogP contribution < -0.4 is 5.48 Å². The van der Waals surface area contributed by atoms with Gasteiger partial charge in [0.1, 0.15) is 6.04 Å². The Morgan fingerprint density at radius 3 is 1.88 bits per heavy atom. The van der Waals surface area contributed by atoms with Crippen molar-refractivity contribution in [3.63, 3.8) is 0 Å². The van der Waals surface area contributed by atoms with E-state index in [0.29, 0.717) is 0 Å². The van der Waals surface area contributed by atoms with Crippen LogP contribution in [-0.2, 0) is 5.21 Å². The van der Waals surface area contributed by atoms with E-state index in [1.165, 1.54) is 0 Å². The lowest BCUT2D eigenvalue weighted by atomic mass is 10.4. The normalized spacial score (nSPS) is 16.1. The first kappa shape index (κ1) is 7.71. The molecule has 1 N–H and O–H groups in total. The van der Waals surface area contributed by atoms with E-state index in [-0.39, 0.29) is 0 Å². The molecule has 0 aromatic carbocycles. The molecule has 0 saturated heterocycles. The summed E-state index contributed by atoms with van der Waals surface area (Å²) in [5.74, 6) is 0. The third kappa shape index (κ3) is 2.13. The van der Waals surface area contributed by atoms with Crippen LogP contribution in [0.3, 0.4) is 0 Å². The van der Waals surface area contributed by atoms with Gasteiger partial charge in [0.05, 0.1) is 0 Å². The molecule has 49 valence electrons. The maximum Gasteiger partial charge on any atom is 0.405 e. The van der Waals surface area contributed by atoms with Crippen LogP contribution >= 0.6 is 0 Å². The summed E-state index contributed by atoms with van der Waals surface area (Å²) in [5.41, 5.74) is 0.830. The number of hydrogen-bond acceptors (Lipinski definition) is 1. The molecule has 0 bridgehead atoms. The summed E-state index contributed by atoms with van der Waals surface area (Å²) >= 11 is 0. The van der Waals surface area contributed by atoms with E-state index in [4.69, 9.17) is 0 Å². The molecule has 0 heterocycles. The predicted molar refractivity (Wildman–Crippen MR) is 19.3 cm³/mol. The summed E-state index contributed by atoms with van der Waals surface area (Å²) in [6.07, 6.45) is -4.41. The molecule has 1 radical (unpaired) electrons. The second-order valence-corrected chi connectivity index (χ2v) is 1.38. The van der Waals surface area contributed by atoms with Gasteiger partial charge in [0, 0.05) is 0 Å². The molecule has 0 fully saturated rings. The first-order chi connectivity index (χ1) is 3.48. The molecule has 0 aliphatic heterocycles. The molecular weight excluding hydrogens is 123 g/mol. The molecule has 2 nitrogen and oxygen atoms in total. The van der Waals surface area contributed by atoms with Crippen molar-refractivity contribution in [2.24, 2.45) is 0 Å². The lowest BCUT2D eigenvalue weighted by molar-refractivity contribution is -0.180. The fourth-order valence-electron chi connectivity index (χ4n) is 0.0668. The first-order valence-electron chi connectivity index (χ1n) is 1.93. The van der Waals surface area contributed by atoms with Crippen molar-refractivity contribution in [2.45, 2.75) is 19.1 Å². The van der Waals surface area contributed by atoms with Crippen molar-refractivity contribution in [3.8, 4) is 0 Å². The highest BCUT2D eigenvalue weighted by atomic mass is 19.4. The molecule has 0 rings (SSSR count). The Morgan fingerprint density at radius 2 is 1.88 bits per heavy atom. The van der Waals surface area contributed by atoms with Gasteiger partial charge in [-0.1, -0.05) is 0 Å². The second-order valence-electron chi connectivity index (χ2n) is 1.38. The Balaban J connectivity index is 3.62. The summed E-state index contributed by atoms with van der Waals surface area (Å²) in [5, 5.41) is 9.31. The third-order valence-corrected chi connectivity index (χ3v) is 0.668. The number of rotatable bonds is 1. The zero-order valence-corrected chi connectivity index (χ0v) is 4.12. The van der Waals surface area contributed by atoms with E-state index >= 15 is 0 Å². The van der Waals surface area contributed by atoms with E-state index in [9.17, 15) is 18.4 Å². The highest BCUT2D eigenvalue weighted by molar-refractivity contribution is 4.62. The van der Waals surface area contributed by atoms with Gasteiger partial charge in [-0.3, -0.25) is 0 Å². The zero-order chi connectivity index (χ0) is 6.78. The molecular formula is C3H5F3NO. The van der Waals surface area contributed by atoms with Crippen molar-refractivity contribution in [1.29, 1.82) is 0 Å². The summed E-state index contributed by atoms with van der Waals surface area (Å²) < 4.78 is 33.6. The summed E-state index contributed by atoms with van der Waals surface area (Å²) in [6.45, 7) is 0.757. The minimum absolute atomic E-state index is 0.757. The van der Waals surface area contributed by atoms with Crippen molar-refractivity contribution in [3.05, 3.63) is 0 Å². The summed E-state index contributed by atoms with van der Waals surface area (Å²) in [7, 11) is 0. The van der Waals surface area contributed by atoms with Crippen LogP contribution in [0.4, 0.5) is 13.2 Å². The molecule has 0 saturated carbocycles. The lowest BCUT2D eigenvalue weighted by Gasteiger charge is -2.10. The number of hydroxylamine groups is 1. The highest BCUT2D eigenvalue weighted by Gasteiger charge is 2.35. The van der Waals surface area contributed by atoms with Crippen LogP contribution in [0.15, 0.2) is 0 Å². The molecule has 0 amide bonds. The largest absolute Gasteiger partial charge is 0.405 e. The molecule has 0 aliphatic rings. The van der Waals surface area contributed by atoms with E-state index < -0.39 is 12.2 Å². The number of halogens is 3. The van der Waals surface area contributed by atoms with Crippen LogP contribution in [0, 0.1) is 0 Å². The smallest absolute Gasteiger partial charge is 0.169 e. The average molecular weight is 128 g/mol. The van der Waals surface area contributed by atoms with Gasteiger partial charge in [0.15, 0.2) is 0 Å². The standard InChI is InChI=1S/C3H5F3NO/c1-2(7-8)3(4,5)6/h2,7H,1H3. The van der Waals surface area contributed by atoms with Crippen LogP contribution in [0.25, 0.3) is 0 Å². The monoisotopic (exact) mass is 128 g/mol. The molecule has 8 heavy (non-hydrogen) atoms. The van der Waals surface area contributed by atoms with Crippen LogP contribution in [0.2, 0.25) is 0 Å². The molecule has 5 heteroatoms. The SMILES string of the molecule is CC(N[O])C(F)(F)F. The fraction of sp³-hybridized carbons (Fsp3) is 1.00. The second kappa shape index (κ2) is 2.32. The average Bonchev–Trinajstić information content (AvgIpc) is 1.62. The Kier molecular flexibility index (Phi) is 2.24. The minimum atomic E-state index is -4.41. The molecule has 0 spiro atoms. The molecule has 0 aromatic rings. The summed E-state index contributed by atoms with van der Waals surface area (Å²) in [6, 6.07) is -1.96. The van der Waals surface area contributed by atoms with E-state index in [1.54, 1.807) is 0 Å². The fourth-order valence-corrected chi connectivity index (χ4v) is 0.0668. The molecule has 0 aromatic heterocycles. The van der Waals surface area contributed by atoms with Crippen molar-refractivity contribution >= 4 is 0 Å². The Labute approximate surface area is 44.3 Å². The molecule has 1 unspecified atom stereocenters. The lowest BCUT2D eigenvalue weighted by Crippen LogP contribution is -2.36. The summed E-state index contributed by atoms with van der Waals surface area (Å²) in [4.78, 5) is 0. The van der Waals surface area contributed by atoms with Gasteiger partial charge in [-0.2, -0.15) is 18.7 Å². The van der Waals surface area contributed by atoms with Gasteiger partial charge < -0.3 is 0 Å². The van der Waals surface area contributed by atoms with Crippen molar-refractivity contribution < 1.29 is 18.4 Å². The predicted octanol–water partition coefficient (Wildman–Crippen LogP) is 0.872. The van der Waals surface area contributed by atoms with Crippen molar-refractivity contribution in [2.75, 3.05) is 0 Å². The van der Waals surface area contributed by atoms with Gasteiger partial charge in [0.25, 0.3) is 0 Å². The number of alkyl halides is 3. The van der Waals surface area contributed by atoms with Gasteiger partial charge >= 0.3 is 6.18 Å². The number of hydrogen-bond donors (Lipinski definition) is 1. The van der Waals surface area contributed by atoms with E-state index in [1.807, 2.05) is 0 Å². The first-order valence-corrected chi connectivity index (χ1v) is 1.93. The highest BCUT2D eigenvalue weighted by Crippen LogP contribution is 2.18. The van der Waals surface area contributed by atoms with Crippen LogP contribution in [0.5, 0.6) is 0 Å². The Bertz CT molecular complexity index is 71.4. The Morgan fingerprint density at radius 1 is 1.50 bits per heavy atom. The van der Waals surface area contributed by atoms with E-state index in [0.717, 1.165) is 12.4 Å². The molecule has 1 atom stereocenters. The van der Waals surface area contributed by atoms with E-state index in [2.05, 4.69) is 0 Å². The maximum atomic E-state index is 11.2. The topological polar surface area (TPSA) is 31.9 Å². The van der Waals surface area contributed by atoms with Gasteiger partial charge in [-0.25, -0.2) is 0 Å². The van der Waals surface area contributed by atoms with Gasteiger partial charge in [0.2, 0.25) is 0 Å². The minimum Gasteiger partial charge on any atom is -0.169 e. The maximum absolute atomic E-state index is 11.2. The van der Waals surface area contributed by atoms with Crippen LogP contribution in [0.1, 0.15) is 6.92 Å². The molecule has 0 aliphatic carbocycles. The van der Waals surface area contributed by atoms with Crippen molar-refractivity contribution in [1.82, 2.24) is 5.48 Å². The van der Waals surface area contributed by atoms with Gasteiger partial charge in [-0.15, -0.1) is 5.21 Å². The number of nitrogens with one attached hydrogen (secondary N) is 1. The zero-order valence-electron chi connectivity index (χ0n) is 4.12. The Hall–Kier alpha value is -0.290. The quantitative estimate of drug-likeness (QED) is 0.522. The van der Waals surface area contributed by atoms with Crippen LogP contribution in [-0.4, -0.2) is 12.2 Å². The van der Waals surface area contributed by atoms with Gasteiger partial charge in [-0.05, 0) is 6.92 Å².